The number of nitrogens with zero attached hydrogens (tertiary/aromatic N) is 2. The molecule has 1 aromatic heterocycles. The van der Waals surface area contributed by atoms with E-state index in [1.54, 1.807) is 55.7 Å². The molecule has 2 aromatic rings. The Morgan fingerprint density at radius 3 is 2.30 bits per heavy atom. The molecule has 0 spiro atoms. The Kier molecular flexibility index (Phi) is 4.14. The highest BCUT2D eigenvalue weighted by Crippen LogP contribution is 2.10. The minimum absolute atomic E-state index is 0.189. The molecule has 0 radical (unpaired) electrons. The smallest absolute Gasteiger partial charge is 0.265 e. The number of benzene rings is 1. The van der Waals surface area contributed by atoms with E-state index in [1.165, 1.54) is 0 Å². The minimum Gasteiger partial charge on any atom is -0.265 e. The summed E-state index contributed by atoms with van der Waals surface area (Å²) in [6.07, 6.45) is 3.26. The average molecular weight is 289 g/mol. The summed E-state index contributed by atoms with van der Waals surface area (Å²) < 4.78 is 24.1. The van der Waals surface area contributed by atoms with Crippen molar-refractivity contribution in [3.05, 3.63) is 59.9 Å². The number of rotatable bonds is 4. The van der Waals surface area contributed by atoms with Gasteiger partial charge in [-0.15, -0.1) is 0 Å². The van der Waals surface area contributed by atoms with Gasteiger partial charge < -0.3 is 0 Å². The monoisotopic (exact) mass is 289 g/mol. The molecule has 0 bridgehead atoms. The van der Waals surface area contributed by atoms with Crippen LogP contribution in [0.2, 0.25) is 0 Å². The van der Waals surface area contributed by atoms with E-state index >= 15 is 0 Å². The van der Waals surface area contributed by atoms with Gasteiger partial charge in [-0.05, 0) is 38.1 Å². The molecule has 1 heterocycles. The number of sulfonamides is 1. The van der Waals surface area contributed by atoms with Crippen LogP contribution in [0.1, 0.15) is 18.1 Å². The van der Waals surface area contributed by atoms with Crippen LogP contribution in [-0.2, 0) is 10.0 Å². The summed E-state index contributed by atoms with van der Waals surface area (Å²) in [7, 11) is -3.63. The highest BCUT2D eigenvalue weighted by molar-refractivity contribution is 7.89. The molecule has 0 amide bonds. The summed E-state index contributed by atoms with van der Waals surface area (Å²) in [6.45, 7) is 3.63. The highest BCUT2D eigenvalue weighted by atomic mass is 32.2. The quantitative estimate of drug-likeness (QED) is 0.692. The Labute approximate surface area is 118 Å². The standard InChI is InChI=1S/C14H15N3O2S/c1-11-3-5-14(6-4-11)20(18,19)17-16-12(2)13-7-9-15-10-8-13/h3-10,17H,1-2H3/b16-12+. The Balaban J connectivity index is 2.19. The Bertz CT molecular complexity index is 708. The van der Waals surface area contributed by atoms with Crippen LogP contribution < -0.4 is 4.83 Å². The number of aromatic nitrogens is 1. The predicted octanol–water partition coefficient (Wildman–Crippen LogP) is 2.09. The molecule has 1 aromatic carbocycles. The Morgan fingerprint density at radius 1 is 1.10 bits per heavy atom. The zero-order valence-electron chi connectivity index (χ0n) is 11.2. The van der Waals surface area contributed by atoms with Gasteiger partial charge in [0.05, 0.1) is 10.6 Å². The van der Waals surface area contributed by atoms with Crippen molar-refractivity contribution in [1.82, 2.24) is 9.82 Å². The highest BCUT2D eigenvalue weighted by Gasteiger charge is 2.12. The largest absolute Gasteiger partial charge is 0.276 e. The van der Waals surface area contributed by atoms with Crippen molar-refractivity contribution >= 4 is 15.7 Å². The van der Waals surface area contributed by atoms with Gasteiger partial charge in [0.25, 0.3) is 10.0 Å². The number of hydrogen-bond acceptors (Lipinski definition) is 4. The minimum atomic E-state index is -3.63. The van der Waals surface area contributed by atoms with Crippen molar-refractivity contribution in [2.45, 2.75) is 18.7 Å². The number of pyridine rings is 1. The molecule has 0 aliphatic carbocycles. The molecule has 6 heteroatoms. The van der Waals surface area contributed by atoms with Crippen LogP contribution >= 0.6 is 0 Å². The summed E-state index contributed by atoms with van der Waals surface area (Å²) in [5.41, 5.74) is 2.38. The number of hydrazone groups is 1. The third-order valence-electron chi connectivity index (χ3n) is 2.76. The van der Waals surface area contributed by atoms with Crippen molar-refractivity contribution in [3.8, 4) is 0 Å². The first kappa shape index (κ1) is 14.2. The van der Waals surface area contributed by atoms with E-state index in [1.807, 2.05) is 6.92 Å². The average Bonchev–Trinajstić information content (AvgIpc) is 2.46. The second-order valence-electron chi connectivity index (χ2n) is 4.34. The van der Waals surface area contributed by atoms with Crippen LogP contribution in [0, 0.1) is 6.92 Å². The summed E-state index contributed by atoms with van der Waals surface area (Å²) in [5.74, 6) is 0. The first-order valence-electron chi connectivity index (χ1n) is 6.02. The Morgan fingerprint density at radius 2 is 1.70 bits per heavy atom. The maximum Gasteiger partial charge on any atom is 0.276 e. The van der Waals surface area contributed by atoms with Gasteiger partial charge >= 0.3 is 0 Å². The molecule has 0 saturated carbocycles. The van der Waals surface area contributed by atoms with E-state index < -0.39 is 10.0 Å². The van der Waals surface area contributed by atoms with Gasteiger partial charge in [-0.25, -0.2) is 0 Å². The van der Waals surface area contributed by atoms with Gasteiger partial charge in [0.2, 0.25) is 0 Å². The number of aryl methyl sites for hydroxylation is 1. The fraction of sp³-hybridized carbons (Fsp3) is 0.143. The van der Waals surface area contributed by atoms with Gasteiger partial charge in [0, 0.05) is 18.0 Å². The molecule has 0 fully saturated rings. The van der Waals surface area contributed by atoms with Crippen molar-refractivity contribution in [2.75, 3.05) is 0 Å². The van der Waals surface area contributed by atoms with Crippen LogP contribution in [0.4, 0.5) is 0 Å². The molecule has 0 aliphatic rings. The van der Waals surface area contributed by atoms with Crippen molar-refractivity contribution in [1.29, 1.82) is 0 Å². The van der Waals surface area contributed by atoms with E-state index in [2.05, 4.69) is 14.9 Å². The SMILES string of the molecule is C/C(=N\NS(=O)(=O)c1ccc(C)cc1)c1ccncc1. The summed E-state index contributed by atoms with van der Waals surface area (Å²) in [6, 6.07) is 10.1. The lowest BCUT2D eigenvalue weighted by Crippen LogP contribution is -2.19. The molecular weight excluding hydrogens is 274 g/mol. The van der Waals surface area contributed by atoms with Crippen LogP contribution in [-0.4, -0.2) is 19.1 Å². The van der Waals surface area contributed by atoms with Crippen LogP contribution in [0.15, 0.2) is 58.8 Å². The molecular formula is C14H15N3O2S. The second-order valence-corrected chi connectivity index (χ2v) is 6.00. The zero-order chi connectivity index (χ0) is 14.6. The van der Waals surface area contributed by atoms with Crippen LogP contribution in [0.25, 0.3) is 0 Å². The van der Waals surface area contributed by atoms with Gasteiger partial charge in [-0.3, -0.25) is 4.98 Å². The first-order chi connectivity index (χ1) is 9.49. The molecule has 0 aliphatic heterocycles. The van der Waals surface area contributed by atoms with Crippen molar-refractivity contribution in [2.24, 2.45) is 5.10 Å². The maximum atomic E-state index is 12.0. The summed E-state index contributed by atoms with van der Waals surface area (Å²) >= 11 is 0. The zero-order valence-corrected chi connectivity index (χ0v) is 12.1. The van der Waals surface area contributed by atoms with Crippen molar-refractivity contribution < 1.29 is 8.42 Å². The van der Waals surface area contributed by atoms with E-state index in [0.717, 1.165) is 11.1 Å². The molecule has 0 atom stereocenters. The molecule has 0 unspecified atom stereocenters. The summed E-state index contributed by atoms with van der Waals surface area (Å²) in [4.78, 5) is 6.32. The van der Waals surface area contributed by atoms with Gasteiger partial charge in [0.15, 0.2) is 0 Å². The predicted molar refractivity (Wildman–Crippen MR) is 77.9 cm³/mol. The van der Waals surface area contributed by atoms with E-state index in [4.69, 9.17) is 0 Å². The number of nitrogens with one attached hydrogen (secondary N) is 1. The molecule has 2 rings (SSSR count). The van der Waals surface area contributed by atoms with E-state index in [9.17, 15) is 8.42 Å². The van der Waals surface area contributed by atoms with Gasteiger partial charge in [0.1, 0.15) is 0 Å². The first-order valence-corrected chi connectivity index (χ1v) is 7.50. The lowest BCUT2D eigenvalue weighted by atomic mass is 10.2. The molecule has 20 heavy (non-hydrogen) atoms. The molecule has 1 N–H and O–H groups in total. The fourth-order valence-corrected chi connectivity index (χ4v) is 2.41. The molecule has 104 valence electrons. The topological polar surface area (TPSA) is 71.4 Å². The van der Waals surface area contributed by atoms with E-state index in [-0.39, 0.29) is 4.90 Å². The van der Waals surface area contributed by atoms with E-state index in [0.29, 0.717) is 5.71 Å². The van der Waals surface area contributed by atoms with Gasteiger partial charge in [-0.2, -0.15) is 18.4 Å². The maximum absolute atomic E-state index is 12.0. The lowest BCUT2D eigenvalue weighted by molar-refractivity contribution is 0.584. The third-order valence-corrected chi connectivity index (χ3v) is 3.99. The second kappa shape index (κ2) is 5.83. The van der Waals surface area contributed by atoms with Gasteiger partial charge in [-0.1, -0.05) is 17.7 Å². The lowest BCUT2D eigenvalue weighted by Gasteiger charge is -2.05. The van der Waals surface area contributed by atoms with Crippen molar-refractivity contribution in [3.63, 3.8) is 0 Å². The molecule has 0 saturated heterocycles. The Hall–Kier alpha value is -2.21. The fourth-order valence-electron chi connectivity index (χ4n) is 1.56. The normalized spacial score (nSPS) is 12.2. The van der Waals surface area contributed by atoms with Crippen LogP contribution in [0.3, 0.4) is 0 Å². The third kappa shape index (κ3) is 3.42. The number of hydrogen-bond donors (Lipinski definition) is 1. The molecule has 5 nitrogen and oxygen atoms in total. The summed E-state index contributed by atoms with van der Waals surface area (Å²) in [5, 5.41) is 3.92. The van der Waals surface area contributed by atoms with Crippen LogP contribution in [0.5, 0.6) is 0 Å².